The Balaban J connectivity index is 1.47. The lowest BCUT2D eigenvalue weighted by Crippen LogP contribution is -2.38. The van der Waals surface area contributed by atoms with E-state index in [1.807, 2.05) is 17.7 Å². The van der Waals surface area contributed by atoms with E-state index in [1.54, 1.807) is 6.20 Å². The quantitative estimate of drug-likeness (QED) is 0.586. The summed E-state index contributed by atoms with van der Waals surface area (Å²) in [5.41, 5.74) is 4.30. The number of hydrogen-bond donors (Lipinski definition) is 1. The first-order valence-electron chi connectivity index (χ1n) is 12.8. The van der Waals surface area contributed by atoms with E-state index in [9.17, 15) is 4.79 Å². The monoisotopic (exact) mass is 491 g/mol. The maximum Gasteiger partial charge on any atom is 0.222 e. The SMILES string of the molecule is CC(=O)Nc1cc2c(-c3cc(OC[C@H]4CCCN4C)c4c(n3)C3(CCOC3)OCC4)cn(C)c2cn1. The fourth-order valence-electron chi connectivity index (χ4n) is 5.80. The average Bonchev–Trinajstić information content (AvgIpc) is 3.57. The van der Waals surface area contributed by atoms with Crippen LogP contribution in [-0.2, 0) is 33.3 Å². The normalized spacial score (nSPS) is 23.9. The number of carbonyl (C=O) groups excluding carboxylic acids is 1. The largest absolute Gasteiger partial charge is 0.492 e. The van der Waals surface area contributed by atoms with Crippen molar-refractivity contribution in [2.24, 2.45) is 7.05 Å². The van der Waals surface area contributed by atoms with Crippen LogP contribution < -0.4 is 10.1 Å². The fourth-order valence-corrected chi connectivity index (χ4v) is 5.80. The number of nitrogens with one attached hydrogen (secondary N) is 1. The predicted molar refractivity (Wildman–Crippen MR) is 136 cm³/mol. The summed E-state index contributed by atoms with van der Waals surface area (Å²) in [7, 11) is 4.16. The molecule has 9 heteroatoms. The van der Waals surface area contributed by atoms with Crippen LogP contribution in [0.15, 0.2) is 24.5 Å². The molecule has 0 radical (unpaired) electrons. The maximum atomic E-state index is 11.6. The third-order valence-corrected chi connectivity index (χ3v) is 7.79. The van der Waals surface area contributed by atoms with Crippen molar-refractivity contribution in [1.82, 2.24) is 19.4 Å². The van der Waals surface area contributed by atoms with Crippen LogP contribution in [0.4, 0.5) is 5.82 Å². The summed E-state index contributed by atoms with van der Waals surface area (Å²) < 4.78 is 20.7. The Hall–Kier alpha value is -3.01. The molecule has 6 rings (SSSR count). The molecule has 2 saturated heterocycles. The molecule has 1 amide bonds. The molecule has 0 aromatic carbocycles. The summed E-state index contributed by atoms with van der Waals surface area (Å²) >= 11 is 0. The Morgan fingerprint density at radius 1 is 1.31 bits per heavy atom. The zero-order valence-corrected chi connectivity index (χ0v) is 21.2. The van der Waals surface area contributed by atoms with Crippen LogP contribution in [0.25, 0.3) is 22.2 Å². The number of rotatable bonds is 5. The van der Waals surface area contributed by atoms with E-state index in [1.165, 1.54) is 13.3 Å². The van der Waals surface area contributed by atoms with Gasteiger partial charge in [0.15, 0.2) is 0 Å². The topological polar surface area (TPSA) is 90.7 Å². The van der Waals surface area contributed by atoms with Crippen LogP contribution in [0.3, 0.4) is 0 Å². The van der Waals surface area contributed by atoms with Gasteiger partial charge in [-0.3, -0.25) is 4.79 Å². The summed E-state index contributed by atoms with van der Waals surface area (Å²) in [6.07, 6.45) is 7.76. The number of ether oxygens (including phenoxy) is 3. The zero-order chi connectivity index (χ0) is 24.9. The van der Waals surface area contributed by atoms with Crippen molar-refractivity contribution in [3.8, 4) is 17.0 Å². The van der Waals surface area contributed by atoms with E-state index < -0.39 is 5.60 Å². The molecular formula is C27H33N5O4. The second kappa shape index (κ2) is 9.14. The summed E-state index contributed by atoms with van der Waals surface area (Å²) in [6, 6.07) is 4.41. The van der Waals surface area contributed by atoms with Crippen molar-refractivity contribution >= 4 is 22.6 Å². The fraction of sp³-hybridized carbons (Fsp3) is 0.519. The molecule has 1 N–H and O–H groups in total. The van der Waals surface area contributed by atoms with Gasteiger partial charge in [0, 0.05) is 68.2 Å². The zero-order valence-electron chi connectivity index (χ0n) is 21.2. The number of amides is 1. The highest BCUT2D eigenvalue weighted by atomic mass is 16.6. The van der Waals surface area contributed by atoms with E-state index in [-0.39, 0.29) is 5.91 Å². The van der Waals surface area contributed by atoms with E-state index in [0.29, 0.717) is 38.3 Å². The van der Waals surface area contributed by atoms with Crippen LogP contribution in [-0.4, -0.2) is 71.4 Å². The smallest absolute Gasteiger partial charge is 0.222 e. The molecule has 36 heavy (non-hydrogen) atoms. The van der Waals surface area contributed by atoms with Gasteiger partial charge in [-0.15, -0.1) is 0 Å². The first-order chi connectivity index (χ1) is 17.4. The molecule has 190 valence electrons. The predicted octanol–water partition coefficient (Wildman–Crippen LogP) is 3.26. The Labute approximate surface area is 210 Å². The van der Waals surface area contributed by atoms with Gasteiger partial charge in [-0.2, -0.15) is 0 Å². The van der Waals surface area contributed by atoms with Crippen LogP contribution in [0.5, 0.6) is 5.75 Å². The molecule has 0 bridgehead atoms. The number of likely N-dealkylation sites (N-methyl/N-ethyl adjacent to an activating group) is 1. The van der Waals surface area contributed by atoms with Crippen molar-refractivity contribution in [2.45, 2.75) is 44.2 Å². The van der Waals surface area contributed by atoms with Gasteiger partial charge in [0.2, 0.25) is 5.91 Å². The highest BCUT2D eigenvalue weighted by Crippen LogP contribution is 2.44. The van der Waals surface area contributed by atoms with Gasteiger partial charge in [0.05, 0.1) is 36.3 Å². The number of fused-ring (bicyclic) bond motifs is 3. The molecule has 1 unspecified atom stereocenters. The van der Waals surface area contributed by atoms with Crippen LogP contribution in [0, 0.1) is 0 Å². The lowest BCUT2D eigenvalue weighted by Gasteiger charge is -2.35. The van der Waals surface area contributed by atoms with E-state index in [2.05, 4.69) is 34.5 Å². The van der Waals surface area contributed by atoms with Gasteiger partial charge in [0.25, 0.3) is 0 Å². The lowest BCUT2D eigenvalue weighted by molar-refractivity contribution is -0.114. The molecule has 0 aliphatic carbocycles. The van der Waals surface area contributed by atoms with Crippen LogP contribution in [0.1, 0.15) is 37.4 Å². The highest BCUT2D eigenvalue weighted by molar-refractivity contribution is 5.98. The standard InChI is InChI=1S/C27H33N5O4/c1-17(33)29-25-11-20-21(14-32(3)23(20)13-28-25)22-12-24(35-15-18-5-4-8-31(18)2)19-6-9-36-27(26(19)30-22)7-10-34-16-27/h11-14,18H,4-10,15-16H2,1-3H3,(H,28,29,33)/t18-,27?/m1/s1. The first kappa shape index (κ1) is 23.4. The Kier molecular flexibility index (Phi) is 5.94. The van der Waals surface area contributed by atoms with Crippen molar-refractivity contribution in [3.05, 3.63) is 35.8 Å². The molecule has 0 saturated carbocycles. The van der Waals surface area contributed by atoms with E-state index in [4.69, 9.17) is 19.2 Å². The first-order valence-corrected chi connectivity index (χ1v) is 12.8. The van der Waals surface area contributed by atoms with Gasteiger partial charge in [-0.05, 0) is 32.5 Å². The van der Waals surface area contributed by atoms with Gasteiger partial charge in [-0.1, -0.05) is 0 Å². The number of anilines is 1. The van der Waals surface area contributed by atoms with E-state index in [0.717, 1.165) is 65.0 Å². The minimum absolute atomic E-state index is 0.154. The third kappa shape index (κ3) is 4.05. The second-order valence-corrected chi connectivity index (χ2v) is 10.2. The number of aromatic nitrogens is 3. The second-order valence-electron chi connectivity index (χ2n) is 10.2. The van der Waals surface area contributed by atoms with Gasteiger partial charge in [0.1, 0.15) is 23.8 Å². The Morgan fingerprint density at radius 2 is 2.19 bits per heavy atom. The van der Waals surface area contributed by atoms with Gasteiger partial charge < -0.3 is 29.0 Å². The molecule has 3 aromatic rings. The van der Waals surface area contributed by atoms with Crippen molar-refractivity contribution in [1.29, 1.82) is 0 Å². The molecule has 1 spiro atoms. The number of hydrogen-bond acceptors (Lipinski definition) is 7. The average molecular weight is 492 g/mol. The molecule has 2 atom stereocenters. The van der Waals surface area contributed by atoms with E-state index >= 15 is 0 Å². The number of nitrogens with zero attached hydrogens (tertiary/aromatic N) is 4. The molecule has 2 fully saturated rings. The number of aryl methyl sites for hydroxylation is 1. The number of likely N-dealkylation sites (tertiary alicyclic amines) is 1. The van der Waals surface area contributed by atoms with Gasteiger partial charge >= 0.3 is 0 Å². The minimum Gasteiger partial charge on any atom is -0.492 e. The van der Waals surface area contributed by atoms with Crippen LogP contribution >= 0.6 is 0 Å². The minimum atomic E-state index is -0.528. The summed E-state index contributed by atoms with van der Waals surface area (Å²) in [4.78, 5) is 23.6. The van der Waals surface area contributed by atoms with Gasteiger partial charge in [-0.25, -0.2) is 9.97 Å². The molecule has 6 heterocycles. The Morgan fingerprint density at radius 3 is 2.94 bits per heavy atom. The maximum absolute atomic E-state index is 11.6. The third-order valence-electron chi connectivity index (χ3n) is 7.79. The van der Waals surface area contributed by atoms with Crippen molar-refractivity contribution < 1.29 is 19.0 Å². The summed E-state index contributed by atoms with van der Waals surface area (Å²) in [6.45, 7) is 5.06. The van der Waals surface area contributed by atoms with Crippen LogP contribution in [0.2, 0.25) is 0 Å². The van der Waals surface area contributed by atoms with Crippen molar-refractivity contribution in [2.75, 3.05) is 45.3 Å². The number of pyridine rings is 2. The highest BCUT2D eigenvalue weighted by Gasteiger charge is 2.44. The molecule has 9 nitrogen and oxygen atoms in total. The Bertz CT molecular complexity index is 1310. The summed E-state index contributed by atoms with van der Waals surface area (Å²) in [5.74, 6) is 1.25. The molecular weight excluding hydrogens is 458 g/mol. The number of carbonyl (C=O) groups is 1. The molecule has 3 aliphatic heterocycles. The van der Waals surface area contributed by atoms with Crippen molar-refractivity contribution in [3.63, 3.8) is 0 Å². The molecule has 3 aromatic heterocycles. The summed E-state index contributed by atoms with van der Waals surface area (Å²) in [5, 5.41) is 3.77. The lowest BCUT2D eigenvalue weighted by atomic mass is 9.89. The molecule has 3 aliphatic rings.